The fourth-order valence-electron chi connectivity index (χ4n) is 1.08. The van der Waals surface area contributed by atoms with E-state index >= 15 is 0 Å². The fraction of sp³-hybridized carbons (Fsp3) is 0.375. The molecule has 1 rings (SSSR count). The molecule has 0 aliphatic heterocycles. The van der Waals surface area contributed by atoms with Crippen LogP contribution < -0.4 is 10.0 Å². The lowest BCUT2D eigenvalue weighted by atomic mass is 10.3. The monoisotopic (exact) mass is 276 g/mol. The van der Waals surface area contributed by atoms with Gasteiger partial charge in [0.2, 0.25) is 0 Å². The first-order valence-electron chi connectivity index (χ1n) is 4.27. The van der Waals surface area contributed by atoms with E-state index in [1.165, 1.54) is 12.3 Å². The van der Waals surface area contributed by atoms with Crippen LogP contribution in [0.3, 0.4) is 0 Å². The van der Waals surface area contributed by atoms with Crippen LogP contribution in [0.2, 0.25) is 0 Å². The molecular formula is C8H11BrN3O3+. The molecule has 2 N–H and O–H groups in total. The SMILES string of the molecule is CC(C)Nc1c[n+](O)c(Br)cc1[N+](=O)[O-]. The number of nitro groups is 1. The molecule has 6 nitrogen and oxygen atoms in total. The van der Waals surface area contributed by atoms with Crippen molar-refractivity contribution in [3.05, 3.63) is 27.0 Å². The highest BCUT2D eigenvalue weighted by molar-refractivity contribution is 9.10. The summed E-state index contributed by atoms with van der Waals surface area (Å²) < 4.78 is 1.00. The average Bonchev–Trinajstić information content (AvgIpc) is 2.09. The predicted octanol–water partition coefficient (Wildman–Crippen LogP) is 1.70. The van der Waals surface area contributed by atoms with Crippen LogP contribution >= 0.6 is 15.9 Å². The number of halogens is 1. The molecule has 0 radical (unpaired) electrons. The predicted molar refractivity (Wildman–Crippen MR) is 56.9 cm³/mol. The van der Waals surface area contributed by atoms with Crippen LogP contribution in [-0.4, -0.2) is 16.2 Å². The maximum Gasteiger partial charge on any atom is 0.306 e. The van der Waals surface area contributed by atoms with Crippen molar-refractivity contribution in [3.8, 4) is 0 Å². The van der Waals surface area contributed by atoms with Crippen LogP contribution in [-0.2, 0) is 0 Å². The Labute approximate surface area is 94.8 Å². The smallest absolute Gasteiger partial charge is 0.306 e. The van der Waals surface area contributed by atoms with Crippen LogP contribution in [0.5, 0.6) is 0 Å². The Bertz CT molecular complexity index is 395. The fourth-order valence-corrected chi connectivity index (χ4v) is 1.40. The molecule has 15 heavy (non-hydrogen) atoms. The molecule has 1 heterocycles. The second-order valence-electron chi connectivity index (χ2n) is 3.30. The van der Waals surface area contributed by atoms with Gasteiger partial charge in [-0.3, -0.25) is 15.3 Å². The zero-order chi connectivity index (χ0) is 11.6. The average molecular weight is 277 g/mol. The van der Waals surface area contributed by atoms with Crippen molar-refractivity contribution in [3.63, 3.8) is 0 Å². The van der Waals surface area contributed by atoms with E-state index < -0.39 is 4.92 Å². The first kappa shape index (κ1) is 11.7. The molecule has 0 aromatic carbocycles. The van der Waals surface area contributed by atoms with Crippen molar-refractivity contribution in [2.45, 2.75) is 19.9 Å². The highest BCUT2D eigenvalue weighted by atomic mass is 79.9. The van der Waals surface area contributed by atoms with E-state index in [0.29, 0.717) is 0 Å². The van der Waals surface area contributed by atoms with Crippen molar-refractivity contribution in [1.82, 2.24) is 0 Å². The summed E-state index contributed by atoms with van der Waals surface area (Å²) in [7, 11) is 0. The van der Waals surface area contributed by atoms with Crippen molar-refractivity contribution in [2.75, 3.05) is 5.32 Å². The summed E-state index contributed by atoms with van der Waals surface area (Å²) in [6, 6.07) is 1.29. The van der Waals surface area contributed by atoms with Gasteiger partial charge >= 0.3 is 10.3 Å². The number of nitrogens with one attached hydrogen (secondary N) is 1. The van der Waals surface area contributed by atoms with Crippen LogP contribution in [0.15, 0.2) is 16.9 Å². The van der Waals surface area contributed by atoms with Crippen LogP contribution in [0, 0.1) is 10.1 Å². The van der Waals surface area contributed by atoms with Crippen LogP contribution in [0.4, 0.5) is 11.4 Å². The Kier molecular flexibility index (Phi) is 3.46. The molecule has 0 fully saturated rings. The number of hydrogen-bond acceptors (Lipinski definition) is 4. The van der Waals surface area contributed by atoms with Crippen molar-refractivity contribution >= 4 is 27.3 Å². The highest BCUT2D eigenvalue weighted by Crippen LogP contribution is 2.25. The Balaban J connectivity index is 3.22. The molecule has 0 saturated heterocycles. The summed E-state index contributed by atoms with van der Waals surface area (Å²) in [5, 5.41) is 22.9. The summed E-state index contributed by atoms with van der Waals surface area (Å²) in [5.74, 6) is 0. The normalized spacial score (nSPS) is 10.4. The van der Waals surface area contributed by atoms with Gasteiger partial charge in [-0.15, -0.1) is 0 Å². The maximum atomic E-state index is 10.7. The minimum absolute atomic E-state index is 0.0462. The molecule has 0 atom stereocenters. The third kappa shape index (κ3) is 2.79. The molecule has 0 unspecified atom stereocenters. The summed E-state index contributed by atoms with van der Waals surface area (Å²) >= 11 is 3.00. The molecule has 0 bridgehead atoms. The largest absolute Gasteiger partial charge is 0.372 e. The molecule has 0 spiro atoms. The molecule has 0 aliphatic rings. The first-order chi connectivity index (χ1) is 6.91. The summed E-state index contributed by atoms with van der Waals surface area (Å²) in [6.45, 7) is 3.71. The summed E-state index contributed by atoms with van der Waals surface area (Å²) in [4.78, 5) is 10.2. The molecule has 82 valence electrons. The lowest BCUT2D eigenvalue weighted by Gasteiger charge is -2.07. The van der Waals surface area contributed by atoms with Gasteiger partial charge in [0, 0.05) is 26.7 Å². The number of nitrogens with zero attached hydrogens (tertiary/aromatic N) is 2. The standard InChI is InChI=1S/C8H11BrN3O3/c1-5(2)10-6-4-11(13)8(9)3-7(6)12(14)15/h3-5,10,13H,1-2H3/q+1. The van der Waals surface area contributed by atoms with Gasteiger partial charge in [-0.25, -0.2) is 0 Å². The first-order valence-corrected chi connectivity index (χ1v) is 5.06. The molecule has 0 amide bonds. The van der Waals surface area contributed by atoms with Gasteiger partial charge < -0.3 is 5.32 Å². The molecular weight excluding hydrogens is 266 g/mol. The molecule has 0 aliphatic carbocycles. The number of pyridine rings is 1. The molecule has 1 aromatic heterocycles. The lowest BCUT2D eigenvalue weighted by molar-refractivity contribution is -0.912. The Morgan fingerprint density at radius 2 is 2.27 bits per heavy atom. The van der Waals surface area contributed by atoms with E-state index in [1.807, 2.05) is 13.8 Å². The summed E-state index contributed by atoms with van der Waals surface area (Å²) in [5.41, 5.74) is 0.196. The van der Waals surface area contributed by atoms with Gasteiger partial charge in [0.25, 0.3) is 6.20 Å². The van der Waals surface area contributed by atoms with Gasteiger partial charge in [0.15, 0.2) is 5.69 Å². The van der Waals surface area contributed by atoms with E-state index in [9.17, 15) is 15.3 Å². The number of hydrogen-bond donors (Lipinski definition) is 2. The van der Waals surface area contributed by atoms with Crippen molar-refractivity contribution in [1.29, 1.82) is 0 Å². The van der Waals surface area contributed by atoms with E-state index in [1.54, 1.807) is 0 Å². The second kappa shape index (κ2) is 4.43. The van der Waals surface area contributed by atoms with Gasteiger partial charge in [0.1, 0.15) is 6.07 Å². The molecule has 7 heteroatoms. The van der Waals surface area contributed by atoms with Crippen molar-refractivity contribution in [2.24, 2.45) is 0 Å². The Hall–Kier alpha value is -1.37. The second-order valence-corrected chi connectivity index (χ2v) is 4.11. The molecule has 1 aromatic rings. The topological polar surface area (TPSA) is 79.3 Å². The van der Waals surface area contributed by atoms with Gasteiger partial charge in [-0.05, 0) is 13.8 Å². The zero-order valence-corrected chi connectivity index (χ0v) is 9.85. The maximum absolute atomic E-state index is 10.7. The Morgan fingerprint density at radius 1 is 1.67 bits per heavy atom. The molecule has 0 saturated carbocycles. The van der Waals surface area contributed by atoms with E-state index in [-0.39, 0.29) is 22.0 Å². The van der Waals surface area contributed by atoms with E-state index in [0.717, 1.165) is 4.73 Å². The third-order valence-corrected chi connectivity index (χ3v) is 2.24. The van der Waals surface area contributed by atoms with E-state index in [4.69, 9.17) is 0 Å². The lowest BCUT2D eigenvalue weighted by Crippen LogP contribution is -2.32. The van der Waals surface area contributed by atoms with Crippen LogP contribution in [0.1, 0.15) is 13.8 Å². The highest BCUT2D eigenvalue weighted by Gasteiger charge is 2.23. The van der Waals surface area contributed by atoms with Gasteiger partial charge in [-0.1, -0.05) is 0 Å². The minimum atomic E-state index is -0.504. The number of aromatic nitrogens is 1. The third-order valence-electron chi connectivity index (χ3n) is 1.64. The van der Waals surface area contributed by atoms with Gasteiger partial charge in [0.05, 0.1) is 4.92 Å². The zero-order valence-electron chi connectivity index (χ0n) is 8.27. The Morgan fingerprint density at radius 3 is 2.73 bits per heavy atom. The summed E-state index contributed by atoms with van der Waals surface area (Å²) in [6.07, 6.45) is 1.25. The number of anilines is 1. The quantitative estimate of drug-likeness (QED) is 0.290. The van der Waals surface area contributed by atoms with Crippen molar-refractivity contribution < 1.29 is 14.9 Å². The van der Waals surface area contributed by atoms with Crippen LogP contribution in [0.25, 0.3) is 0 Å². The number of rotatable bonds is 3. The van der Waals surface area contributed by atoms with Gasteiger partial charge in [-0.2, -0.15) is 0 Å². The van der Waals surface area contributed by atoms with E-state index in [2.05, 4.69) is 21.2 Å². The minimum Gasteiger partial charge on any atom is -0.372 e.